The second kappa shape index (κ2) is 6.44. The third-order valence-corrected chi connectivity index (χ3v) is 7.56. The normalized spacial score (nSPS) is 30.4. The quantitative estimate of drug-likeness (QED) is 0.805. The molecular formula is C23H25ClFN3O. The molecule has 0 bridgehead atoms. The van der Waals surface area contributed by atoms with Crippen molar-refractivity contribution in [2.75, 3.05) is 20.7 Å². The molecule has 4 nitrogen and oxygen atoms in total. The van der Waals surface area contributed by atoms with Crippen LogP contribution in [0.4, 0.5) is 4.39 Å². The number of rotatable bonds is 2. The van der Waals surface area contributed by atoms with Gasteiger partial charge >= 0.3 is 0 Å². The minimum absolute atomic E-state index is 0.140. The molecule has 5 rings (SSSR count). The van der Waals surface area contributed by atoms with Gasteiger partial charge in [-0.25, -0.2) is 9.38 Å². The van der Waals surface area contributed by atoms with Gasteiger partial charge in [-0.05, 0) is 60.1 Å². The molecule has 0 amide bonds. The number of methoxy groups -OCH3 is 1. The highest BCUT2D eigenvalue weighted by molar-refractivity contribution is 6.31. The number of aliphatic imine (C=N–C) groups is 1. The monoisotopic (exact) mass is 413 g/mol. The smallest absolute Gasteiger partial charge is 0.191 e. The molecule has 3 unspecified atom stereocenters. The molecule has 2 aromatic carbocycles. The summed E-state index contributed by atoms with van der Waals surface area (Å²) in [6.07, 6.45) is 3.99. The number of halogens is 2. The fourth-order valence-corrected chi connectivity index (χ4v) is 5.96. The van der Waals surface area contributed by atoms with E-state index in [4.69, 9.17) is 27.1 Å². The zero-order valence-electron chi connectivity index (χ0n) is 16.7. The van der Waals surface area contributed by atoms with Gasteiger partial charge in [0.05, 0.1) is 16.7 Å². The number of nitrogens with zero attached hydrogens (tertiary/aromatic N) is 2. The van der Waals surface area contributed by atoms with E-state index in [-0.39, 0.29) is 22.1 Å². The van der Waals surface area contributed by atoms with Crippen LogP contribution in [0.1, 0.15) is 30.4 Å². The number of benzene rings is 2. The molecular weight excluding hydrogens is 389 g/mol. The molecule has 3 aliphatic rings. The van der Waals surface area contributed by atoms with E-state index >= 15 is 0 Å². The number of hydrogen-bond acceptors (Lipinski definition) is 4. The Morgan fingerprint density at radius 2 is 2.00 bits per heavy atom. The van der Waals surface area contributed by atoms with Crippen LogP contribution in [0.3, 0.4) is 0 Å². The maximum Gasteiger partial charge on any atom is 0.191 e. The lowest BCUT2D eigenvalue weighted by molar-refractivity contribution is -0.00294. The van der Waals surface area contributed by atoms with Crippen LogP contribution < -0.4 is 5.73 Å². The highest BCUT2D eigenvalue weighted by Crippen LogP contribution is 2.58. The lowest BCUT2D eigenvalue weighted by atomic mass is 9.59. The number of hydrogen-bond donors (Lipinski definition) is 1. The van der Waals surface area contributed by atoms with Gasteiger partial charge in [-0.15, -0.1) is 0 Å². The third-order valence-electron chi connectivity index (χ3n) is 7.27. The lowest BCUT2D eigenvalue weighted by Crippen LogP contribution is -2.63. The fourth-order valence-electron chi connectivity index (χ4n) is 5.78. The van der Waals surface area contributed by atoms with E-state index in [0.29, 0.717) is 5.96 Å². The molecule has 2 N–H and O–H groups in total. The number of ether oxygens (including phenoxy) is 1. The van der Waals surface area contributed by atoms with Crippen LogP contribution in [-0.4, -0.2) is 43.2 Å². The largest absolute Gasteiger partial charge is 0.381 e. The summed E-state index contributed by atoms with van der Waals surface area (Å²) in [7, 11) is 3.81. The molecule has 1 heterocycles. The number of fused-ring (bicyclic) bond motifs is 1. The second-order valence-electron chi connectivity index (χ2n) is 8.72. The standard InChI is InChI=1S/C23H25ClFN3O/c1-28-13-22-12-17(29-2)7-8-23(22,27-21(28)26)11-16-4-3-14(9-18(16)22)15-5-6-20(25)19(24)10-15/h3-6,9-10,17H,7-8,11-13H2,1-2H3,(H2,26,27). The Labute approximate surface area is 175 Å². The molecule has 1 saturated carbocycles. The molecule has 0 aromatic heterocycles. The molecule has 1 aliphatic heterocycles. The first-order valence-electron chi connectivity index (χ1n) is 10.1. The number of nitrogens with two attached hydrogens (primary N) is 1. The van der Waals surface area contributed by atoms with Gasteiger partial charge in [0.1, 0.15) is 5.82 Å². The van der Waals surface area contributed by atoms with Gasteiger partial charge < -0.3 is 15.4 Å². The maximum absolute atomic E-state index is 13.7. The van der Waals surface area contributed by atoms with Gasteiger partial charge in [0.15, 0.2) is 5.96 Å². The van der Waals surface area contributed by atoms with Gasteiger partial charge in [-0.2, -0.15) is 0 Å². The highest BCUT2D eigenvalue weighted by atomic mass is 35.5. The van der Waals surface area contributed by atoms with E-state index in [1.807, 2.05) is 7.05 Å². The summed E-state index contributed by atoms with van der Waals surface area (Å²) in [5.41, 5.74) is 10.5. The van der Waals surface area contributed by atoms with Gasteiger partial charge in [0.2, 0.25) is 0 Å². The molecule has 0 spiro atoms. The molecule has 1 fully saturated rings. The topological polar surface area (TPSA) is 50.9 Å². The van der Waals surface area contributed by atoms with E-state index in [9.17, 15) is 4.39 Å². The number of guanidine groups is 1. The summed E-state index contributed by atoms with van der Waals surface area (Å²) < 4.78 is 19.5. The van der Waals surface area contributed by atoms with Crippen molar-refractivity contribution in [3.8, 4) is 11.1 Å². The summed E-state index contributed by atoms with van der Waals surface area (Å²) in [4.78, 5) is 7.14. The van der Waals surface area contributed by atoms with Crippen molar-refractivity contribution in [3.63, 3.8) is 0 Å². The van der Waals surface area contributed by atoms with Crippen molar-refractivity contribution in [1.82, 2.24) is 4.90 Å². The van der Waals surface area contributed by atoms with E-state index in [0.717, 1.165) is 43.4 Å². The average Bonchev–Trinajstić information content (AvgIpc) is 2.98. The first-order valence-corrected chi connectivity index (χ1v) is 10.4. The van der Waals surface area contributed by atoms with Crippen LogP contribution in [0.5, 0.6) is 0 Å². The van der Waals surface area contributed by atoms with Crippen molar-refractivity contribution >= 4 is 17.6 Å². The van der Waals surface area contributed by atoms with Crippen molar-refractivity contribution < 1.29 is 9.13 Å². The van der Waals surface area contributed by atoms with Crippen LogP contribution >= 0.6 is 11.6 Å². The Kier molecular flexibility index (Phi) is 4.20. The molecule has 3 atom stereocenters. The molecule has 29 heavy (non-hydrogen) atoms. The number of likely N-dealkylation sites (N-methyl/N-ethyl adjacent to an activating group) is 1. The Morgan fingerprint density at radius 3 is 2.76 bits per heavy atom. The van der Waals surface area contributed by atoms with Crippen molar-refractivity contribution in [1.29, 1.82) is 0 Å². The van der Waals surface area contributed by atoms with Crippen LogP contribution in [0, 0.1) is 5.82 Å². The van der Waals surface area contributed by atoms with Crippen molar-refractivity contribution in [2.45, 2.75) is 42.7 Å². The molecule has 2 aromatic rings. The molecule has 0 radical (unpaired) electrons. The third kappa shape index (κ3) is 2.63. The Balaban J connectivity index is 1.67. The van der Waals surface area contributed by atoms with Crippen LogP contribution in [0.2, 0.25) is 5.02 Å². The van der Waals surface area contributed by atoms with Crippen LogP contribution in [-0.2, 0) is 16.6 Å². The summed E-state index contributed by atoms with van der Waals surface area (Å²) in [6.45, 7) is 0.822. The average molecular weight is 414 g/mol. The van der Waals surface area contributed by atoms with E-state index < -0.39 is 5.82 Å². The molecule has 2 aliphatic carbocycles. The van der Waals surface area contributed by atoms with E-state index in [2.05, 4.69) is 23.1 Å². The summed E-state index contributed by atoms with van der Waals surface area (Å²) in [6, 6.07) is 11.5. The summed E-state index contributed by atoms with van der Waals surface area (Å²) >= 11 is 6.04. The first kappa shape index (κ1) is 18.9. The molecule has 152 valence electrons. The summed E-state index contributed by atoms with van der Waals surface area (Å²) in [5.74, 6) is 0.220. The predicted octanol–water partition coefficient (Wildman–Crippen LogP) is 4.14. The highest BCUT2D eigenvalue weighted by Gasteiger charge is 2.62. The van der Waals surface area contributed by atoms with Crippen LogP contribution in [0.25, 0.3) is 11.1 Å². The maximum atomic E-state index is 13.7. The van der Waals surface area contributed by atoms with Gasteiger partial charge in [-0.3, -0.25) is 0 Å². The Morgan fingerprint density at radius 1 is 1.24 bits per heavy atom. The van der Waals surface area contributed by atoms with Gasteiger partial charge in [0.25, 0.3) is 0 Å². The minimum atomic E-state index is -0.400. The zero-order valence-corrected chi connectivity index (χ0v) is 17.5. The van der Waals surface area contributed by atoms with E-state index in [1.165, 1.54) is 17.2 Å². The van der Waals surface area contributed by atoms with Crippen molar-refractivity contribution in [3.05, 3.63) is 58.4 Å². The fraction of sp³-hybridized carbons (Fsp3) is 0.435. The first-order chi connectivity index (χ1) is 13.9. The predicted molar refractivity (Wildman–Crippen MR) is 114 cm³/mol. The van der Waals surface area contributed by atoms with Crippen molar-refractivity contribution in [2.24, 2.45) is 10.7 Å². The van der Waals surface area contributed by atoms with Crippen LogP contribution in [0.15, 0.2) is 41.4 Å². The SMILES string of the molecule is COC1CCC23Cc4ccc(-c5ccc(F)c(Cl)c5)cc4C2(C1)CN(C)C(N)=N3. The van der Waals surface area contributed by atoms with Gasteiger partial charge in [-0.1, -0.05) is 35.9 Å². The Hall–Kier alpha value is -2.11. The molecule has 0 saturated heterocycles. The van der Waals surface area contributed by atoms with Gasteiger partial charge in [0, 0.05) is 26.1 Å². The zero-order chi connectivity index (χ0) is 20.4. The Bertz CT molecular complexity index is 1030. The molecule has 6 heteroatoms. The second-order valence-corrected chi connectivity index (χ2v) is 9.13. The minimum Gasteiger partial charge on any atom is -0.381 e. The van der Waals surface area contributed by atoms with E-state index in [1.54, 1.807) is 19.2 Å². The lowest BCUT2D eigenvalue weighted by Gasteiger charge is -2.54. The summed E-state index contributed by atoms with van der Waals surface area (Å²) in [5, 5.41) is 0.141.